The maximum atomic E-state index is 12.3. The van der Waals surface area contributed by atoms with Gasteiger partial charge in [-0.25, -0.2) is 0 Å². The Morgan fingerprint density at radius 1 is 1.00 bits per heavy atom. The van der Waals surface area contributed by atoms with E-state index in [9.17, 15) is 9.59 Å². The number of carbonyl (C=O) groups is 2. The number of thioether (sulfide) groups is 1. The summed E-state index contributed by atoms with van der Waals surface area (Å²) in [7, 11) is 0. The minimum absolute atomic E-state index is 0.0969. The highest BCUT2D eigenvalue weighted by molar-refractivity contribution is 8.01. The van der Waals surface area contributed by atoms with Crippen molar-refractivity contribution in [1.82, 2.24) is 0 Å². The lowest BCUT2D eigenvalue weighted by Crippen LogP contribution is -2.25. The number of carbonyl (C=O) groups excluding carboxylic acids is 2. The van der Waals surface area contributed by atoms with Gasteiger partial charge in [-0.2, -0.15) is 0 Å². The lowest BCUT2D eigenvalue weighted by Gasteiger charge is -2.14. The normalized spacial score (nSPS) is 11.7. The molecule has 0 heterocycles. The molecule has 0 aromatic heterocycles. The second-order valence-electron chi connectivity index (χ2n) is 6.18. The molecule has 0 bridgehead atoms. The maximum Gasteiger partial charge on any atom is 0.237 e. The molecule has 5 heteroatoms. The molecule has 0 saturated carbocycles. The molecule has 2 aromatic rings. The summed E-state index contributed by atoms with van der Waals surface area (Å²) in [6, 6.07) is 13.6. The van der Waals surface area contributed by atoms with E-state index in [1.807, 2.05) is 70.2 Å². The minimum Gasteiger partial charge on any atom is -0.325 e. The SMILES string of the molecule is Cc1cccc(NC(=O)CS[C@H](C)C(=O)Nc2ccc(C)cc2C)c1. The maximum absolute atomic E-state index is 12.3. The zero-order chi connectivity index (χ0) is 18.4. The van der Waals surface area contributed by atoms with Crippen molar-refractivity contribution in [2.45, 2.75) is 32.9 Å². The van der Waals surface area contributed by atoms with Gasteiger partial charge in [0.25, 0.3) is 0 Å². The topological polar surface area (TPSA) is 58.2 Å². The number of amides is 2. The van der Waals surface area contributed by atoms with E-state index in [2.05, 4.69) is 10.6 Å². The summed E-state index contributed by atoms with van der Waals surface area (Å²) in [4.78, 5) is 24.3. The first kappa shape index (κ1) is 19.1. The van der Waals surface area contributed by atoms with Crippen LogP contribution in [0.5, 0.6) is 0 Å². The molecule has 2 aromatic carbocycles. The molecule has 0 radical (unpaired) electrons. The van der Waals surface area contributed by atoms with Crippen LogP contribution in [0, 0.1) is 20.8 Å². The predicted molar refractivity (Wildman–Crippen MR) is 106 cm³/mol. The van der Waals surface area contributed by atoms with E-state index in [0.717, 1.165) is 28.1 Å². The second kappa shape index (κ2) is 8.72. The van der Waals surface area contributed by atoms with E-state index in [-0.39, 0.29) is 22.8 Å². The van der Waals surface area contributed by atoms with E-state index >= 15 is 0 Å². The van der Waals surface area contributed by atoms with Gasteiger partial charge in [-0.1, -0.05) is 29.8 Å². The third-order valence-electron chi connectivity index (χ3n) is 3.78. The van der Waals surface area contributed by atoms with Crippen molar-refractivity contribution >= 4 is 35.0 Å². The van der Waals surface area contributed by atoms with Gasteiger partial charge in [0.05, 0.1) is 11.0 Å². The third-order valence-corrected chi connectivity index (χ3v) is 4.92. The van der Waals surface area contributed by atoms with Crippen LogP contribution in [0.15, 0.2) is 42.5 Å². The minimum atomic E-state index is -0.316. The summed E-state index contributed by atoms with van der Waals surface area (Å²) < 4.78 is 0. The Morgan fingerprint density at radius 2 is 1.72 bits per heavy atom. The molecule has 25 heavy (non-hydrogen) atoms. The fraction of sp³-hybridized carbons (Fsp3) is 0.300. The number of anilines is 2. The van der Waals surface area contributed by atoms with Crippen molar-refractivity contribution in [1.29, 1.82) is 0 Å². The molecule has 132 valence electrons. The molecule has 2 rings (SSSR count). The standard InChI is InChI=1S/C20H24N2O2S/c1-13-6-5-7-17(11-13)21-19(23)12-25-16(4)20(24)22-18-9-8-14(2)10-15(18)3/h5-11,16H,12H2,1-4H3,(H,21,23)(H,22,24)/t16-/m1/s1. The van der Waals surface area contributed by atoms with Gasteiger partial charge in [-0.3, -0.25) is 9.59 Å². The van der Waals surface area contributed by atoms with Gasteiger partial charge in [0.2, 0.25) is 11.8 Å². The molecular formula is C20H24N2O2S. The van der Waals surface area contributed by atoms with E-state index in [1.54, 1.807) is 0 Å². The van der Waals surface area contributed by atoms with Crippen LogP contribution in [0.3, 0.4) is 0 Å². The monoisotopic (exact) mass is 356 g/mol. The third kappa shape index (κ3) is 5.94. The summed E-state index contributed by atoms with van der Waals surface area (Å²) in [6.07, 6.45) is 0. The first-order chi connectivity index (χ1) is 11.8. The Morgan fingerprint density at radius 3 is 2.40 bits per heavy atom. The van der Waals surface area contributed by atoms with Crippen LogP contribution < -0.4 is 10.6 Å². The number of aryl methyl sites for hydroxylation is 3. The van der Waals surface area contributed by atoms with Gasteiger partial charge in [0.1, 0.15) is 0 Å². The first-order valence-electron chi connectivity index (χ1n) is 8.21. The smallest absolute Gasteiger partial charge is 0.237 e. The van der Waals surface area contributed by atoms with Crippen LogP contribution in [-0.2, 0) is 9.59 Å². The van der Waals surface area contributed by atoms with Crippen molar-refractivity contribution < 1.29 is 9.59 Å². The Labute approximate surface area is 153 Å². The fourth-order valence-corrected chi connectivity index (χ4v) is 3.07. The molecule has 2 N–H and O–H groups in total. The molecule has 1 atom stereocenters. The van der Waals surface area contributed by atoms with E-state index in [4.69, 9.17) is 0 Å². The first-order valence-corrected chi connectivity index (χ1v) is 9.26. The number of hydrogen-bond acceptors (Lipinski definition) is 3. The molecule has 0 saturated heterocycles. The summed E-state index contributed by atoms with van der Waals surface area (Å²) in [5, 5.41) is 5.46. The molecule has 0 aliphatic carbocycles. The number of hydrogen-bond donors (Lipinski definition) is 2. The Balaban J connectivity index is 1.83. The fourth-order valence-electron chi connectivity index (χ4n) is 2.38. The lowest BCUT2D eigenvalue weighted by atomic mass is 10.1. The average molecular weight is 356 g/mol. The van der Waals surface area contributed by atoms with Crippen LogP contribution in [0.2, 0.25) is 0 Å². The largest absolute Gasteiger partial charge is 0.325 e. The van der Waals surface area contributed by atoms with E-state index in [0.29, 0.717) is 0 Å². The van der Waals surface area contributed by atoms with Crippen molar-refractivity contribution in [2.24, 2.45) is 0 Å². The Kier molecular flexibility index (Phi) is 6.65. The van der Waals surface area contributed by atoms with Gasteiger partial charge in [0, 0.05) is 11.4 Å². The van der Waals surface area contributed by atoms with Crippen LogP contribution in [0.1, 0.15) is 23.6 Å². The predicted octanol–water partition coefficient (Wildman–Crippen LogP) is 4.31. The van der Waals surface area contributed by atoms with Gasteiger partial charge < -0.3 is 10.6 Å². The van der Waals surface area contributed by atoms with Crippen molar-refractivity contribution in [3.05, 3.63) is 59.2 Å². The van der Waals surface area contributed by atoms with Gasteiger partial charge in [-0.15, -0.1) is 11.8 Å². The van der Waals surface area contributed by atoms with Crippen molar-refractivity contribution in [2.75, 3.05) is 16.4 Å². The highest BCUT2D eigenvalue weighted by Crippen LogP contribution is 2.19. The molecule has 0 fully saturated rings. The lowest BCUT2D eigenvalue weighted by molar-refractivity contribution is -0.115. The molecule has 0 spiro atoms. The highest BCUT2D eigenvalue weighted by Gasteiger charge is 2.16. The van der Waals surface area contributed by atoms with Crippen LogP contribution in [0.4, 0.5) is 11.4 Å². The van der Waals surface area contributed by atoms with Gasteiger partial charge in [0.15, 0.2) is 0 Å². The highest BCUT2D eigenvalue weighted by atomic mass is 32.2. The zero-order valence-electron chi connectivity index (χ0n) is 15.1. The summed E-state index contributed by atoms with van der Waals surface area (Å²) in [6.45, 7) is 7.77. The second-order valence-corrected chi connectivity index (χ2v) is 7.51. The van der Waals surface area contributed by atoms with E-state index in [1.165, 1.54) is 11.8 Å². The molecule has 2 amide bonds. The number of rotatable bonds is 6. The number of nitrogens with one attached hydrogen (secondary N) is 2. The van der Waals surface area contributed by atoms with Gasteiger partial charge in [-0.05, 0) is 57.0 Å². The van der Waals surface area contributed by atoms with Crippen LogP contribution >= 0.6 is 11.8 Å². The van der Waals surface area contributed by atoms with Crippen LogP contribution in [0.25, 0.3) is 0 Å². The zero-order valence-corrected chi connectivity index (χ0v) is 15.9. The molecular weight excluding hydrogens is 332 g/mol. The average Bonchev–Trinajstić information content (AvgIpc) is 2.55. The summed E-state index contributed by atoms with van der Waals surface area (Å²) in [5.41, 5.74) is 4.87. The quantitative estimate of drug-likeness (QED) is 0.811. The Hall–Kier alpha value is -2.27. The molecule has 0 aliphatic heterocycles. The summed E-state index contributed by atoms with van der Waals surface area (Å²) in [5.74, 6) is 0.0251. The Bertz CT molecular complexity index is 774. The number of benzene rings is 2. The van der Waals surface area contributed by atoms with Crippen molar-refractivity contribution in [3.8, 4) is 0 Å². The molecule has 4 nitrogen and oxygen atoms in total. The van der Waals surface area contributed by atoms with Gasteiger partial charge >= 0.3 is 0 Å². The van der Waals surface area contributed by atoms with E-state index < -0.39 is 0 Å². The summed E-state index contributed by atoms with van der Waals surface area (Å²) >= 11 is 1.32. The molecule has 0 aliphatic rings. The van der Waals surface area contributed by atoms with Crippen LogP contribution in [-0.4, -0.2) is 22.8 Å². The van der Waals surface area contributed by atoms with Crippen molar-refractivity contribution in [3.63, 3.8) is 0 Å². The molecule has 0 unspecified atom stereocenters.